The quantitative estimate of drug-likeness (QED) is 0.156. The van der Waals surface area contributed by atoms with Crippen LogP contribution in [0, 0.1) is 0 Å². The molecule has 2 aliphatic heterocycles. The van der Waals surface area contributed by atoms with Gasteiger partial charge in [-0.3, -0.25) is 5.32 Å². The minimum Gasteiger partial charge on any atom is -0.350 e. The SMILES string of the molecule is c1ccc(C2=NC(c3ccccc3)NC(c3cccc(-c4cccc(-c5cccc(-c6ccc7c(c6)C6(c8ccccc8N(c8ccccc8)c8ccccc86)c6c-7c7ccccc7c7ccccc67)c5)c4)c3)N2)cc1. The van der Waals surface area contributed by atoms with Gasteiger partial charge in [0.1, 0.15) is 18.2 Å². The van der Waals surface area contributed by atoms with Crippen molar-refractivity contribution in [2.24, 2.45) is 4.99 Å². The van der Waals surface area contributed by atoms with Crippen molar-refractivity contribution in [2.75, 3.05) is 4.90 Å². The van der Waals surface area contributed by atoms with E-state index in [1.807, 2.05) is 6.07 Å². The van der Waals surface area contributed by atoms with E-state index in [0.29, 0.717) is 0 Å². The first-order valence-corrected chi connectivity index (χ1v) is 26.3. The molecule has 0 radical (unpaired) electrons. The number of amidine groups is 1. The molecular formula is C72H50N4. The molecule has 0 bridgehead atoms. The van der Waals surface area contributed by atoms with E-state index in [1.54, 1.807) is 0 Å². The van der Waals surface area contributed by atoms with Crippen LogP contribution in [-0.2, 0) is 5.41 Å². The van der Waals surface area contributed by atoms with Crippen molar-refractivity contribution in [1.82, 2.24) is 10.6 Å². The Morgan fingerprint density at radius 1 is 0.355 bits per heavy atom. The van der Waals surface area contributed by atoms with Crippen LogP contribution in [0.5, 0.6) is 0 Å². The van der Waals surface area contributed by atoms with E-state index >= 15 is 0 Å². The number of fused-ring (bicyclic) bond motifs is 14. The normalized spacial score (nSPS) is 15.8. The predicted molar refractivity (Wildman–Crippen MR) is 314 cm³/mol. The number of nitrogens with zero attached hydrogens (tertiary/aromatic N) is 2. The zero-order valence-corrected chi connectivity index (χ0v) is 41.6. The molecule has 4 heteroatoms. The van der Waals surface area contributed by atoms with Gasteiger partial charge >= 0.3 is 0 Å². The summed E-state index contributed by atoms with van der Waals surface area (Å²) in [5, 5.41) is 12.6. The minimum absolute atomic E-state index is 0.159. The molecular weight excluding hydrogens is 921 g/mol. The second kappa shape index (κ2) is 17.8. The van der Waals surface area contributed by atoms with Crippen molar-refractivity contribution >= 4 is 44.4 Å². The summed E-state index contributed by atoms with van der Waals surface area (Å²) in [6.07, 6.45) is -0.361. The summed E-state index contributed by atoms with van der Waals surface area (Å²) in [6, 6.07) is 102. The fourth-order valence-electron chi connectivity index (χ4n) is 12.8. The third-order valence-corrected chi connectivity index (χ3v) is 16.1. The molecule has 2 unspecified atom stereocenters. The number of anilines is 3. The summed E-state index contributed by atoms with van der Waals surface area (Å²) in [4.78, 5) is 7.62. The first-order valence-electron chi connectivity index (χ1n) is 26.3. The summed E-state index contributed by atoms with van der Waals surface area (Å²) in [5.74, 6) is 0.874. The molecule has 4 nitrogen and oxygen atoms in total. The molecule has 2 N–H and O–H groups in total. The molecule has 0 aromatic heterocycles. The summed E-state index contributed by atoms with van der Waals surface area (Å²) < 4.78 is 0. The maximum atomic E-state index is 5.15. The lowest BCUT2D eigenvalue weighted by Crippen LogP contribution is -2.44. The lowest BCUT2D eigenvalue weighted by atomic mass is 9.63. The molecule has 2 atom stereocenters. The average molecular weight is 971 g/mol. The van der Waals surface area contributed by atoms with Crippen LogP contribution in [-0.4, -0.2) is 5.84 Å². The van der Waals surface area contributed by atoms with Gasteiger partial charge in [0.25, 0.3) is 0 Å². The van der Waals surface area contributed by atoms with Crippen LogP contribution in [0.1, 0.15) is 51.3 Å². The monoisotopic (exact) mass is 970 g/mol. The molecule has 12 aromatic carbocycles. The second-order valence-corrected chi connectivity index (χ2v) is 20.2. The van der Waals surface area contributed by atoms with Gasteiger partial charge in [-0.05, 0) is 148 Å². The predicted octanol–water partition coefficient (Wildman–Crippen LogP) is 17.5. The van der Waals surface area contributed by atoms with E-state index in [-0.39, 0.29) is 12.3 Å². The molecule has 0 saturated heterocycles. The molecule has 358 valence electrons. The highest BCUT2D eigenvalue weighted by atomic mass is 15.3. The largest absolute Gasteiger partial charge is 0.350 e. The van der Waals surface area contributed by atoms with Crippen molar-refractivity contribution in [3.05, 3.63) is 318 Å². The molecule has 1 spiro atoms. The molecule has 0 saturated carbocycles. The summed E-state index contributed by atoms with van der Waals surface area (Å²) >= 11 is 0. The highest BCUT2D eigenvalue weighted by Gasteiger charge is 2.53. The van der Waals surface area contributed by atoms with E-state index in [9.17, 15) is 0 Å². The standard InChI is InChI=1S/C72H50N4/c1-4-21-47(22-5-1)69-73-70(48-23-6-2-7-24-48)75-71(74-69)55-30-20-29-53(45-55)51-27-18-25-49(43-51)50-26-19-28-52(44-50)54-41-42-61-64(46-54)72(68-60-36-13-11-34-58(60)57-33-10-12-35-59(57)67(61)68)62-37-14-16-39-65(62)76(56-31-8-3-9-32-56)66-40-17-15-38-63(66)72/h1-46,69,71,74H,(H,73,75). The smallest absolute Gasteiger partial charge is 0.131 e. The summed E-state index contributed by atoms with van der Waals surface area (Å²) in [7, 11) is 0. The molecule has 15 rings (SSSR count). The summed E-state index contributed by atoms with van der Waals surface area (Å²) in [5.41, 5.74) is 21.0. The van der Waals surface area contributed by atoms with Gasteiger partial charge in [0, 0.05) is 11.3 Å². The number of nitrogens with one attached hydrogen (secondary N) is 2. The Bertz CT molecular complexity index is 4210. The van der Waals surface area contributed by atoms with Crippen molar-refractivity contribution in [3.63, 3.8) is 0 Å². The van der Waals surface area contributed by atoms with Gasteiger partial charge in [0.05, 0.1) is 16.8 Å². The average Bonchev–Trinajstić information content (AvgIpc) is 4.03. The zero-order chi connectivity index (χ0) is 50.2. The Balaban J connectivity index is 0.852. The fourth-order valence-corrected chi connectivity index (χ4v) is 12.8. The van der Waals surface area contributed by atoms with Crippen molar-refractivity contribution in [3.8, 4) is 44.5 Å². The van der Waals surface area contributed by atoms with E-state index in [0.717, 1.165) is 39.3 Å². The van der Waals surface area contributed by atoms with Gasteiger partial charge in [-0.15, -0.1) is 0 Å². The lowest BCUT2D eigenvalue weighted by Gasteiger charge is -2.45. The Morgan fingerprint density at radius 2 is 0.829 bits per heavy atom. The van der Waals surface area contributed by atoms with E-state index in [1.165, 1.54) is 88.6 Å². The number of para-hydroxylation sites is 3. The number of hydrogen-bond donors (Lipinski definition) is 2. The van der Waals surface area contributed by atoms with Crippen molar-refractivity contribution in [1.29, 1.82) is 0 Å². The van der Waals surface area contributed by atoms with Crippen LogP contribution < -0.4 is 15.5 Å². The minimum atomic E-state index is -0.635. The topological polar surface area (TPSA) is 39.7 Å². The van der Waals surface area contributed by atoms with E-state index < -0.39 is 5.41 Å². The van der Waals surface area contributed by atoms with Gasteiger partial charge in [0.2, 0.25) is 0 Å². The number of rotatable bonds is 7. The van der Waals surface area contributed by atoms with Crippen LogP contribution in [0.4, 0.5) is 17.1 Å². The van der Waals surface area contributed by atoms with Gasteiger partial charge in [0.15, 0.2) is 0 Å². The summed E-state index contributed by atoms with van der Waals surface area (Å²) in [6.45, 7) is 0. The third-order valence-electron chi connectivity index (χ3n) is 16.1. The molecule has 3 aliphatic rings. The highest BCUT2D eigenvalue weighted by molar-refractivity contribution is 6.20. The van der Waals surface area contributed by atoms with Crippen LogP contribution >= 0.6 is 0 Å². The number of hydrogen-bond acceptors (Lipinski definition) is 4. The zero-order valence-electron chi connectivity index (χ0n) is 41.6. The van der Waals surface area contributed by atoms with Gasteiger partial charge in [-0.25, -0.2) is 4.99 Å². The Kier molecular flexibility index (Phi) is 10.3. The molecule has 0 amide bonds. The Labute approximate surface area is 443 Å². The van der Waals surface area contributed by atoms with Crippen LogP contribution in [0.15, 0.2) is 284 Å². The maximum absolute atomic E-state index is 5.15. The fraction of sp³-hybridized carbons (Fsp3) is 0.0417. The first kappa shape index (κ1) is 43.9. The molecule has 12 aromatic rings. The van der Waals surface area contributed by atoms with Crippen LogP contribution in [0.3, 0.4) is 0 Å². The maximum Gasteiger partial charge on any atom is 0.131 e. The highest BCUT2D eigenvalue weighted by Crippen LogP contribution is 2.66. The van der Waals surface area contributed by atoms with Gasteiger partial charge in [-0.1, -0.05) is 231 Å². The Morgan fingerprint density at radius 3 is 1.47 bits per heavy atom. The lowest BCUT2D eigenvalue weighted by molar-refractivity contribution is 0.409. The Hall–Kier alpha value is -9.61. The third kappa shape index (κ3) is 6.92. The van der Waals surface area contributed by atoms with Crippen molar-refractivity contribution < 1.29 is 0 Å². The molecule has 1 aliphatic carbocycles. The molecule has 2 heterocycles. The number of benzene rings is 12. The van der Waals surface area contributed by atoms with Crippen molar-refractivity contribution in [2.45, 2.75) is 17.7 Å². The van der Waals surface area contributed by atoms with E-state index in [2.05, 4.69) is 289 Å². The van der Waals surface area contributed by atoms with Crippen LogP contribution in [0.2, 0.25) is 0 Å². The first-order chi connectivity index (χ1) is 37.7. The van der Waals surface area contributed by atoms with Gasteiger partial charge < -0.3 is 10.2 Å². The number of aliphatic imine (C=N–C) groups is 1. The van der Waals surface area contributed by atoms with Crippen LogP contribution in [0.25, 0.3) is 66.1 Å². The second-order valence-electron chi connectivity index (χ2n) is 20.2. The van der Waals surface area contributed by atoms with E-state index in [4.69, 9.17) is 4.99 Å². The molecule has 0 fully saturated rings. The molecule has 76 heavy (non-hydrogen) atoms. The van der Waals surface area contributed by atoms with Gasteiger partial charge in [-0.2, -0.15) is 0 Å².